The summed E-state index contributed by atoms with van der Waals surface area (Å²) < 4.78 is 0. The molecule has 0 saturated carbocycles. The van der Waals surface area contributed by atoms with Gasteiger partial charge >= 0.3 is 42.8 Å². The first-order valence-electron chi connectivity index (χ1n) is 0.342. The van der Waals surface area contributed by atoms with Crippen LogP contribution in [0.1, 0.15) is 0 Å². The number of rotatable bonds is 0. The Hall–Kier alpha value is 1.37. The van der Waals surface area contributed by atoms with Crippen molar-refractivity contribution in [1.82, 2.24) is 0 Å². The van der Waals surface area contributed by atoms with E-state index in [0.717, 1.165) is 0 Å². The quantitative estimate of drug-likeness (QED) is 0.370. The summed E-state index contributed by atoms with van der Waals surface area (Å²) in [6.45, 7) is 0. The monoisotopic (exact) mass is 410 g/mol. The Morgan fingerprint density at radius 2 is 0.500 bits per heavy atom. The molecule has 0 radical (unpaired) electrons. The second-order valence-electron chi connectivity index (χ2n) is 0.129. The number of halogens is 3. The SMILES string of the molecule is O.O.O.O.O.O.[Cl][Au]([Cl])[Cl]. The zero-order chi connectivity index (χ0) is 3.58. The third-order valence-corrected chi connectivity index (χ3v) is 0. The average molecular weight is 411 g/mol. The van der Waals surface area contributed by atoms with Gasteiger partial charge in [-0.25, -0.2) is 0 Å². The third kappa shape index (κ3) is 350. The first-order valence-corrected chi connectivity index (χ1v) is 8.40. The molecule has 12 N–H and O–H groups in total. The van der Waals surface area contributed by atoms with Crippen molar-refractivity contribution in [2.45, 2.75) is 0 Å². The molecule has 0 atom stereocenters. The van der Waals surface area contributed by atoms with Crippen molar-refractivity contribution in [1.29, 1.82) is 0 Å². The maximum absolute atomic E-state index is 4.95. The molecule has 0 aromatic heterocycles. The van der Waals surface area contributed by atoms with Crippen LogP contribution in [-0.4, -0.2) is 32.9 Å². The normalized spacial score (nSPS) is 4.50. The van der Waals surface area contributed by atoms with Crippen LogP contribution in [0, 0.1) is 0 Å². The third-order valence-electron chi connectivity index (χ3n) is 0. The van der Waals surface area contributed by atoms with E-state index in [1.54, 1.807) is 0 Å². The minimum atomic E-state index is -1.79. The molecule has 80 valence electrons. The van der Waals surface area contributed by atoms with Crippen LogP contribution in [0.2, 0.25) is 0 Å². The van der Waals surface area contributed by atoms with E-state index in [4.69, 9.17) is 27.6 Å². The first-order chi connectivity index (χ1) is 1.73. The topological polar surface area (TPSA) is 189 Å². The van der Waals surface area contributed by atoms with Crippen molar-refractivity contribution in [3.63, 3.8) is 0 Å². The predicted octanol–water partition coefficient (Wildman–Crippen LogP) is -2.88. The first kappa shape index (κ1) is 64.0. The van der Waals surface area contributed by atoms with Gasteiger partial charge in [0.05, 0.1) is 0 Å². The van der Waals surface area contributed by atoms with Gasteiger partial charge in [-0.15, -0.1) is 0 Å². The summed E-state index contributed by atoms with van der Waals surface area (Å²) in [5.74, 6) is 0. The molecule has 0 aliphatic heterocycles. The van der Waals surface area contributed by atoms with Crippen molar-refractivity contribution in [3.05, 3.63) is 0 Å². The summed E-state index contributed by atoms with van der Waals surface area (Å²) in [7, 11) is 14.9. The Morgan fingerprint density at radius 1 is 0.500 bits per heavy atom. The fourth-order valence-corrected chi connectivity index (χ4v) is 0. The Labute approximate surface area is 75.5 Å². The Bertz CT molecular complexity index is 17.7. The molecule has 0 fully saturated rings. The van der Waals surface area contributed by atoms with Crippen molar-refractivity contribution < 1.29 is 48.1 Å². The van der Waals surface area contributed by atoms with Crippen LogP contribution < -0.4 is 0 Å². The predicted molar refractivity (Wildman–Crippen MR) is 39.2 cm³/mol. The van der Waals surface area contributed by atoms with Gasteiger partial charge in [0.2, 0.25) is 0 Å². The van der Waals surface area contributed by atoms with Gasteiger partial charge < -0.3 is 32.9 Å². The van der Waals surface area contributed by atoms with Crippen LogP contribution in [0.25, 0.3) is 0 Å². The summed E-state index contributed by atoms with van der Waals surface area (Å²) in [6, 6.07) is 0. The zero-order valence-electron chi connectivity index (χ0n) is 4.44. The molecule has 6 nitrogen and oxygen atoms in total. The van der Waals surface area contributed by atoms with Crippen LogP contribution in [-0.2, 0) is 15.2 Å². The molecule has 0 aliphatic carbocycles. The van der Waals surface area contributed by atoms with Gasteiger partial charge in [0.25, 0.3) is 0 Å². The van der Waals surface area contributed by atoms with Crippen molar-refractivity contribution >= 4 is 27.6 Å². The van der Waals surface area contributed by atoms with E-state index in [0.29, 0.717) is 0 Å². The number of hydrogen-bond donors (Lipinski definition) is 0. The van der Waals surface area contributed by atoms with E-state index >= 15 is 0 Å². The molecule has 0 aromatic rings. The molecule has 0 unspecified atom stereocenters. The molecule has 0 saturated heterocycles. The standard InChI is InChI=1S/Au.3ClH.6H2O/h;3*1H;6*1H2/q+3;;;;;;;;;/p-3. The van der Waals surface area contributed by atoms with Gasteiger partial charge in [-0.05, 0) is 0 Å². The summed E-state index contributed by atoms with van der Waals surface area (Å²) in [6.07, 6.45) is 0. The molecule has 0 amide bonds. The van der Waals surface area contributed by atoms with Gasteiger partial charge in [0, 0.05) is 0 Å². The molecule has 0 aliphatic rings. The van der Waals surface area contributed by atoms with Crippen LogP contribution in [0.4, 0.5) is 0 Å². The van der Waals surface area contributed by atoms with E-state index in [1.807, 2.05) is 0 Å². The molecular weight excluding hydrogens is 399 g/mol. The Kier molecular flexibility index (Phi) is 305. The summed E-state index contributed by atoms with van der Waals surface area (Å²) in [4.78, 5) is 0. The summed E-state index contributed by atoms with van der Waals surface area (Å²) in [5, 5.41) is 0. The van der Waals surface area contributed by atoms with Gasteiger partial charge in [0.1, 0.15) is 0 Å². The molecular formula is H12AuCl3O6. The van der Waals surface area contributed by atoms with E-state index < -0.39 is 15.2 Å². The van der Waals surface area contributed by atoms with Gasteiger partial charge in [-0.3, -0.25) is 0 Å². The molecule has 0 spiro atoms. The van der Waals surface area contributed by atoms with E-state index in [2.05, 4.69) is 0 Å². The van der Waals surface area contributed by atoms with Gasteiger partial charge in [0.15, 0.2) is 0 Å². The molecule has 0 heterocycles. The molecule has 10 heteroatoms. The van der Waals surface area contributed by atoms with Crippen LogP contribution in [0.15, 0.2) is 0 Å². The van der Waals surface area contributed by atoms with Crippen LogP contribution in [0.5, 0.6) is 0 Å². The zero-order valence-corrected chi connectivity index (χ0v) is 8.87. The second kappa shape index (κ2) is 47.7. The minimum absolute atomic E-state index is 0. The molecule has 0 aromatic carbocycles. The van der Waals surface area contributed by atoms with Gasteiger partial charge in [-0.1, -0.05) is 0 Å². The van der Waals surface area contributed by atoms with Gasteiger partial charge in [-0.2, -0.15) is 0 Å². The number of hydrogen-bond acceptors (Lipinski definition) is 0. The van der Waals surface area contributed by atoms with E-state index in [1.165, 1.54) is 0 Å². The fraction of sp³-hybridized carbons (Fsp3) is 0. The van der Waals surface area contributed by atoms with E-state index in [-0.39, 0.29) is 32.9 Å². The second-order valence-corrected chi connectivity index (χ2v) is 9.52. The average Bonchev–Trinajstić information content (AvgIpc) is 0.811. The van der Waals surface area contributed by atoms with E-state index in [9.17, 15) is 0 Å². The van der Waals surface area contributed by atoms with Crippen molar-refractivity contribution in [2.24, 2.45) is 0 Å². The van der Waals surface area contributed by atoms with Crippen LogP contribution >= 0.6 is 27.6 Å². The Balaban J connectivity index is -0.00000000300. The molecule has 0 rings (SSSR count). The Morgan fingerprint density at radius 3 is 0.500 bits per heavy atom. The summed E-state index contributed by atoms with van der Waals surface area (Å²) >= 11 is -1.79. The molecule has 10 heavy (non-hydrogen) atoms. The maximum atomic E-state index is 4.95. The van der Waals surface area contributed by atoms with Crippen molar-refractivity contribution in [2.75, 3.05) is 0 Å². The molecule has 0 bridgehead atoms. The summed E-state index contributed by atoms with van der Waals surface area (Å²) in [5.41, 5.74) is 0. The van der Waals surface area contributed by atoms with Crippen LogP contribution in [0.3, 0.4) is 0 Å². The van der Waals surface area contributed by atoms with Crippen molar-refractivity contribution in [3.8, 4) is 0 Å². The fourth-order valence-electron chi connectivity index (χ4n) is 0.